The number of hydrogen-bond donors (Lipinski definition) is 0. The number of hydrogen-bond acceptors (Lipinski definition) is 2. The Bertz CT molecular complexity index is 326. The van der Waals surface area contributed by atoms with Gasteiger partial charge in [0.05, 0.1) is 0 Å². The molecule has 0 spiro atoms. The standard InChI is InChI=1S/C13H17NO/c1-3-14(4-2)13(10-11-15)12-8-6-5-7-9-12/h5-11H,3-4H2,1-2H3. The van der Waals surface area contributed by atoms with Crippen LogP contribution in [0.4, 0.5) is 0 Å². The Morgan fingerprint density at radius 3 is 2.27 bits per heavy atom. The number of aldehydes is 1. The zero-order valence-electron chi connectivity index (χ0n) is 9.31. The Balaban J connectivity index is 3.03. The van der Waals surface area contributed by atoms with Crippen LogP contribution in [-0.4, -0.2) is 24.3 Å². The third-order valence-electron chi connectivity index (χ3n) is 2.40. The second-order valence-corrected chi connectivity index (χ2v) is 3.23. The molecule has 80 valence electrons. The fraction of sp³-hybridized carbons (Fsp3) is 0.308. The van der Waals surface area contributed by atoms with Crippen LogP contribution >= 0.6 is 0 Å². The van der Waals surface area contributed by atoms with Crippen LogP contribution in [0.1, 0.15) is 19.4 Å². The molecule has 0 heterocycles. The van der Waals surface area contributed by atoms with Gasteiger partial charge in [-0.2, -0.15) is 0 Å². The summed E-state index contributed by atoms with van der Waals surface area (Å²) < 4.78 is 0. The van der Waals surface area contributed by atoms with Gasteiger partial charge in [0, 0.05) is 24.9 Å². The summed E-state index contributed by atoms with van der Waals surface area (Å²) >= 11 is 0. The lowest BCUT2D eigenvalue weighted by atomic mass is 10.1. The van der Waals surface area contributed by atoms with Crippen molar-refractivity contribution in [3.8, 4) is 0 Å². The summed E-state index contributed by atoms with van der Waals surface area (Å²) in [7, 11) is 0. The highest BCUT2D eigenvalue weighted by Gasteiger charge is 2.06. The second kappa shape index (κ2) is 6.02. The van der Waals surface area contributed by atoms with Gasteiger partial charge in [-0.3, -0.25) is 4.79 Å². The maximum absolute atomic E-state index is 10.6. The zero-order chi connectivity index (χ0) is 11.1. The molecular formula is C13H17NO. The Hall–Kier alpha value is -1.57. The van der Waals surface area contributed by atoms with E-state index < -0.39 is 0 Å². The summed E-state index contributed by atoms with van der Waals surface area (Å²) in [5.74, 6) is 0. The van der Waals surface area contributed by atoms with Crippen molar-refractivity contribution in [1.29, 1.82) is 0 Å². The van der Waals surface area contributed by atoms with Gasteiger partial charge in [0.15, 0.2) is 0 Å². The molecule has 2 nitrogen and oxygen atoms in total. The third kappa shape index (κ3) is 2.94. The fourth-order valence-electron chi connectivity index (χ4n) is 1.62. The minimum atomic E-state index is 0.848. The van der Waals surface area contributed by atoms with Crippen LogP contribution in [0.25, 0.3) is 5.70 Å². The zero-order valence-corrected chi connectivity index (χ0v) is 9.31. The minimum Gasteiger partial charge on any atom is -0.372 e. The van der Waals surface area contributed by atoms with Crippen molar-refractivity contribution < 1.29 is 4.79 Å². The number of benzene rings is 1. The van der Waals surface area contributed by atoms with Gasteiger partial charge in [-0.05, 0) is 19.4 Å². The van der Waals surface area contributed by atoms with E-state index in [9.17, 15) is 4.79 Å². The van der Waals surface area contributed by atoms with Gasteiger partial charge in [0.2, 0.25) is 0 Å². The normalized spacial score (nSPS) is 11.2. The quantitative estimate of drug-likeness (QED) is 0.541. The molecule has 0 aliphatic heterocycles. The van der Waals surface area contributed by atoms with E-state index in [4.69, 9.17) is 0 Å². The average Bonchev–Trinajstić information content (AvgIpc) is 2.30. The van der Waals surface area contributed by atoms with Crippen LogP contribution < -0.4 is 0 Å². The smallest absolute Gasteiger partial charge is 0.144 e. The molecule has 15 heavy (non-hydrogen) atoms. The molecule has 0 aliphatic carbocycles. The number of carbonyl (C=O) groups is 1. The molecule has 0 radical (unpaired) electrons. The highest BCUT2D eigenvalue weighted by molar-refractivity contribution is 5.80. The molecule has 0 N–H and O–H groups in total. The molecule has 0 bridgehead atoms. The minimum absolute atomic E-state index is 0.848. The predicted molar refractivity (Wildman–Crippen MR) is 63.4 cm³/mol. The molecule has 0 unspecified atom stereocenters. The lowest BCUT2D eigenvalue weighted by Crippen LogP contribution is -2.21. The van der Waals surface area contributed by atoms with Crippen LogP contribution in [-0.2, 0) is 4.79 Å². The molecular weight excluding hydrogens is 186 g/mol. The van der Waals surface area contributed by atoms with E-state index in [1.165, 1.54) is 0 Å². The summed E-state index contributed by atoms with van der Waals surface area (Å²) in [6.45, 7) is 5.99. The number of rotatable bonds is 5. The van der Waals surface area contributed by atoms with Crippen molar-refractivity contribution in [3.63, 3.8) is 0 Å². The van der Waals surface area contributed by atoms with Crippen LogP contribution in [0.15, 0.2) is 36.4 Å². The summed E-state index contributed by atoms with van der Waals surface area (Å²) in [4.78, 5) is 12.8. The number of nitrogens with zero attached hydrogens (tertiary/aromatic N) is 1. The number of allylic oxidation sites excluding steroid dienone is 1. The van der Waals surface area contributed by atoms with E-state index in [0.717, 1.165) is 30.6 Å². The van der Waals surface area contributed by atoms with Crippen molar-refractivity contribution in [2.45, 2.75) is 13.8 Å². The largest absolute Gasteiger partial charge is 0.372 e. The first kappa shape index (κ1) is 11.5. The first-order chi connectivity index (χ1) is 7.33. The second-order valence-electron chi connectivity index (χ2n) is 3.23. The Labute approximate surface area is 91.2 Å². The fourth-order valence-corrected chi connectivity index (χ4v) is 1.62. The van der Waals surface area contributed by atoms with Crippen molar-refractivity contribution in [2.75, 3.05) is 13.1 Å². The van der Waals surface area contributed by atoms with E-state index in [1.807, 2.05) is 30.3 Å². The highest BCUT2D eigenvalue weighted by Crippen LogP contribution is 2.17. The molecule has 2 heteroatoms. The predicted octanol–water partition coefficient (Wildman–Crippen LogP) is 2.57. The first-order valence-electron chi connectivity index (χ1n) is 5.29. The average molecular weight is 203 g/mol. The summed E-state index contributed by atoms with van der Waals surface area (Å²) in [6, 6.07) is 9.99. The molecule has 0 aliphatic rings. The van der Waals surface area contributed by atoms with Crippen molar-refractivity contribution in [2.24, 2.45) is 0 Å². The Morgan fingerprint density at radius 1 is 1.20 bits per heavy atom. The molecule has 0 saturated heterocycles. The van der Waals surface area contributed by atoms with Crippen LogP contribution in [0.3, 0.4) is 0 Å². The Morgan fingerprint density at radius 2 is 1.80 bits per heavy atom. The highest BCUT2D eigenvalue weighted by atomic mass is 16.1. The topological polar surface area (TPSA) is 20.3 Å². The van der Waals surface area contributed by atoms with Crippen LogP contribution in [0.2, 0.25) is 0 Å². The molecule has 0 saturated carbocycles. The third-order valence-corrected chi connectivity index (χ3v) is 2.40. The molecule has 0 atom stereocenters. The molecule has 1 aromatic carbocycles. The van der Waals surface area contributed by atoms with E-state index in [-0.39, 0.29) is 0 Å². The SMILES string of the molecule is CCN(CC)C(=CC=O)c1ccccc1. The molecule has 1 aromatic rings. The van der Waals surface area contributed by atoms with Gasteiger partial charge in [-0.1, -0.05) is 30.3 Å². The molecule has 0 aromatic heterocycles. The van der Waals surface area contributed by atoms with E-state index in [1.54, 1.807) is 6.08 Å². The van der Waals surface area contributed by atoms with Gasteiger partial charge >= 0.3 is 0 Å². The van der Waals surface area contributed by atoms with E-state index in [2.05, 4.69) is 18.7 Å². The molecule has 0 amide bonds. The Kier molecular flexibility index (Phi) is 4.61. The summed E-state index contributed by atoms with van der Waals surface area (Å²) in [6.07, 6.45) is 2.48. The van der Waals surface area contributed by atoms with Crippen molar-refractivity contribution in [1.82, 2.24) is 4.90 Å². The van der Waals surface area contributed by atoms with Gasteiger partial charge in [-0.15, -0.1) is 0 Å². The van der Waals surface area contributed by atoms with Crippen molar-refractivity contribution >= 4 is 12.0 Å². The van der Waals surface area contributed by atoms with Gasteiger partial charge < -0.3 is 4.90 Å². The summed E-state index contributed by atoms with van der Waals surface area (Å²) in [5, 5.41) is 0. The van der Waals surface area contributed by atoms with E-state index in [0.29, 0.717) is 0 Å². The van der Waals surface area contributed by atoms with Gasteiger partial charge in [-0.25, -0.2) is 0 Å². The monoisotopic (exact) mass is 203 g/mol. The maximum Gasteiger partial charge on any atom is 0.144 e. The molecule has 1 rings (SSSR count). The first-order valence-corrected chi connectivity index (χ1v) is 5.29. The van der Waals surface area contributed by atoms with Gasteiger partial charge in [0.1, 0.15) is 6.29 Å². The summed E-state index contributed by atoms with van der Waals surface area (Å²) in [5.41, 5.74) is 2.09. The maximum atomic E-state index is 10.6. The number of carbonyl (C=O) groups excluding carboxylic acids is 1. The van der Waals surface area contributed by atoms with Crippen molar-refractivity contribution in [3.05, 3.63) is 42.0 Å². The van der Waals surface area contributed by atoms with E-state index >= 15 is 0 Å². The van der Waals surface area contributed by atoms with Gasteiger partial charge in [0.25, 0.3) is 0 Å². The van der Waals surface area contributed by atoms with Crippen LogP contribution in [0, 0.1) is 0 Å². The molecule has 0 fully saturated rings. The van der Waals surface area contributed by atoms with Crippen LogP contribution in [0.5, 0.6) is 0 Å². The lowest BCUT2D eigenvalue weighted by molar-refractivity contribution is -0.104. The lowest BCUT2D eigenvalue weighted by Gasteiger charge is -2.24.